The van der Waals surface area contributed by atoms with Gasteiger partial charge in [-0.05, 0) is 57.4 Å². The summed E-state index contributed by atoms with van der Waals surface area (Å²) in [7, 11) is -2.00. The fourth-order valence-electron chi connectivity index (χ4n) is 4.14. The molecule has 0 radical (unpaired) electrons. The molecule has 0 aliphatic heterocycles. The SMILES string of the molecule is CN(Cc1ccccc1)S(=O)(=O)c1ccc(N=Cc2c3ccccc3cc3ccccc23)cc1. The fraction of sp³-hybridized carbons (Fsp3) is 0.0690. The van der Waals surface area contributed by atoms with Gasteiger partial charge in [-0.25, -0.2) is 8.42 Å². The van der Waals surface area contributed by atoms with E-state index in [1.807, 2.05) is 60.8 Å². The van der Waals surface area contributed by atoms with Gasteiger partial charge in [-0.1, -0.05) is 78.9 Å². The maximum absolute atomic E-state index is 13.0. The lowest BCUT2D eigenvalue weighted by Crippen LogP contribution is -2.26. The third kappa shape index (κ3) is 4.36. The van der Waals surface area contributed by atoms with Crippen LogP contribution in [-0.4, -0.2) is 26.0 Å². The van der Waals surface area contributed by atoms with E-state index in [0.29, 0.717) is 12.2 Å². The van der Waals surface area contributed by atoms with E-state index in [1.165, 1.54) is 4.31 Å². The van der Waals surface area contributed by atoms with Crippen LogP contribution in [0.15, 0.2) is 119 Å². The topological polar surface area (TPSA) is 49.7 Å². The first-order chi connectivity index (χ1) is 16.5. The zero-order valence-corrected chi connectivity index (χ0v) is 19.6. The maximum Gasteiger partial charge on any atom is 0.243 e. The Kier molecular flexibility index (Phi) is 5.97. The van der Waals surface area contributed by atoms with Gasteiger partial charge in [0.15, 0.2) is 0 Å². The monoisotopic (exact) mass is 464 g/mol. The molecule has 0 spiro atoms. The zero-order valence-electron chi connectivity index (χ0n) is 18.8. The summed E-state index contributed by atoms with van der Waals surface area (Å²) in [4.78, 5) is 4.93. The van der Waals surface area contributed by atoms with E-state index in [2.05, 4.69) is 35.3 Å². The quantitative estimate of drug-likeness (QED) is 0.211. The Morgan fingerprint density at radius 2 is 1.29 bits per heavy atom. The predicted molar refractivity (Wildman–Crippen MR) is 140 cm³/mol. The molecule has 0 bridgehead atoms. The molecule has 0 aliphatic rings. The molecule has 0 aliphatic carbocycles. The van der Waals surface area contributed by atoms with Crippen molar-refractivity contribution in [1.82, 2.24) is 4.31 Å². The Morgan fingerprint density at radius 1 is 0.735 bits per heavy atom. The van der Waals surface area contributed by atoms with Crippen LogP contribution in [0.25, 0.3) is 21.5 Å². The second kappa shape index (κ2) is 9.21. The smallest absolute Gasteiger partial charge is 0.243 e. The first-order valence-electron chi connectivity index (χ1n) is 11.1. The number of fused-ring (bicyclic) bond motifs is 2. The van der Waals surface area contributed by atoms with E-state index in [1.54, 1.807) is 31.3 Å². The molecule has 168 valence electrons. The van der Waals surface area contributed by atoms with Crippen molar-refractivity contribution >= 4 is 43.5 Å². The summed E-state index contributed by atoms with van der Waals surface area (Å²) in [5, 5.41) is 4.58. The Hall–Kier alpha value is -3.80. The molecule has 0 N–H and O–H groups in total. The summed E-state index contributed by atoms with van der Waals surface area (Å²) in [6, 6.07) is 35.0. The van der Waals surface area contributed by atoms with Gasteiger partial charge in [-0.2, -0.15) is 4.31 Å². The lowest BCUT2D eigenvalue weighted by atomic mass is 9.97. The molecule has 4 nitrogen and oxygen atoms in total. The van der Waals surface area contributed by atoms with Crippen LogP contribution in [0.1, 0.15) is 11.1 Å². The standard InChI is InChI=1S/C29H24N2O2S/c1-31(21-22-9-3-2-4-10-22)34(32,33)26-17-15-25(16-18-26)30-20-29-27-13-7-5-11-23(27)19-24-12-6-8-14-28(24)29/h2-20H,21H2,1H3. The molecule has 0 saturated carbocycles. The predicted octanol–water partition coefficient (Wildman–Crippen LogP) is 6.56. The third-order valence-electron chi connectivity index (χ3n) is 5.95. The molecule has 5 aromatic carbocycles. The zero-order chi connectivity index (χ0) is 23.5. The lowest BCUT2D eigenvalue weighted by Gasteiger charge is -2.17. The molecular weight excluding hydrogens is 440 g/mol. The summed E-state index contributed by atoms with van der Waals surface area (Å²) in [5.74, 6) is 0. The molecule has 0 heterocycles. The van der Waals surface area contributed by atoms with Gasteiger partial charge in [0, 0.05) is 25.4 Å². The first-order valence-corrected chi connectivity index (χ1v) is 12.5. The van der Waals surface area contributed by atoms with Crippen LogP contribution < -0.4 is 0 Å². The fourth-order valence-corrected chi connectivity index (χ4v) is 5.30. The van der Waals surface area contributed by atoms with Crippen molar-refractivity contribution in [2.45, 2.75) is 11.4 Å². The average Bonchev–Trinajstić information content (AvgIpc) is 2.87. The van der Waals surface area contributed by atoms with Crippen LogP contribution in [0.5, 0.6) is 0 Å². The number of hydrogen-bond donors (Lipinski definition) is 0. The van der Waals surface area contributed by atoms with Gasteiger partial charge in [-0.3, -0.25) is 4.99 Å². The maximum atomic E-state index is 13.0. The van der Waals surface area contributed by atoms with Gasteiger partial charge >= 0.3 is 0 Å². The number of rotatable bonds is 6. The van der Waals surface area contributed by atoms with Gasteiger partial charge in [0.2, 0.25) is 10.0 Å². The van der Waals surface area contributed by atoms with Crippen molar-refractivity contribution in [1.29, 1.82) is 0 Å². The number of hydrogen-bond acceptors (Lipinski definition) is 3. The van der Waals surface area contributed by atoms with E-state index < -0.39 is 10.0 Å². The molecule has 5 rings (SSSR count). The van der Waals surface area contributed by atoms with E-state index >= 15 is 0 Å². The van der Waals surface area contributed by atoms with Crippen molar-refractivity contribution in [2.75, 3.05) is 7.05 Å². The molecular formula is C29H24N2O2S. The van der Waals surface area contributed by atoms with E-state index in [-0.39, 0.29) is 4.90 Å². The van der Waals surface area contributed by atoms with Crippen LogP contribution in [-0.2, 0) is 16.6 Å². The van der Waals surface area contributed by atoms with Gasteiger partial charge in [0.25, 0.3) is 0 Å². The second-order valence-electron chi connectivity index (χ2n) is 8.23. The summed E-state index contributed by atoms with van der Waals surface area (Å²) in [5.41, 5.74) is 2.69. The van der Waals surface area contributed by atoms with Crippen molar-refractivity contribution in [3.8, 4) is 0 Å². The molecule has 0 unspecified atom stereocenters. The van der Waals surface area contributed by atoms with Gasteiger partial charge in [0.1, 0.15) is 0 Å². The molecule has 0 aromatic heterocycles. The Bertz CT molecular complexity index is 1540. The minimum atomic E-state index is -3.60. The van der Waals surface area contributed by atoms with E-state index in [4.69, 9.17) is 0 Å². The number of benzene rings is 5. The number of nitrogens with zero attached hydrogens (tertiary/aromatic N) is 2. The summed E-state index contributed by atoms with van der Waals surface area (Å²) < 4.78 is 27.4. The molecule has 5 aromatic rings. The van der Waals surface area contributed by atoms with Crippen molar-refractivity contribution < 1.29 is 8.42 Å². The largest absolute Gasteiger partial charge is 0.256 e. The van der Waals surface area contributed by atoms with Crippen molar-refractivity contribution in [3.63, 3.8) is 0 Å². The number of aliphatic imine (C=N–C) groups is 1. The van der Waals surface area contributed by atoms with Crippen LogP contribution in [0.3, 0.4) is 0 Å². The second-order valence-corrected chi connectivity index (χ2v) is 10.3. The average molecular weight is 465 g/mol. The highest BCUT2D eigenvalue weighted by molar-refractivity contribution is 7.89. The number of sulfonamides is 1. The van der Waals surface area contributed by atoms with Gasteiger partial charge in [0.05, 0.1) is 10.6 Å². The van der Waals surface area contributed by atoms with Crippen LogP contribution >= 0.6 is 0 Å². The molecule has 0 saturated heterocycles. The minimum absolute atomic E-state index is 0.250. The summed E-state index contributed by atoms with van der Waals surface area (Å²) in [6.07, 6.45) is 1.87. The highest BCUT2D eigenvalue weighted by atomic mass is 32.2. The van der Waals surface area contributed by atoms with Crippen LogP contribution in [0, 0.1) is 0 Å². The molecule has 0 fully saturated rings. The highest BCUT2D eigenvalue weighted by Crippen LogP contribution is 2.28. The molecule has 5 heteroatoms. The van der Waals surface area contributed by atoms with Crippen molar-refractivity contribution in [3.05, 3.63) is 120 Å². The molecule has 0 amide bonds. The highest BCUT2D eigenvalue weighted by Gasteiger charge is 2.20. The minimum Gasteiger partial charge on any atom is -0.256 e. The lowest BCUT2D eigenvalue weighted by molar-refractivity contribution is 0.467. The van der Waals surface area contributed by atoms with E-state index in [9.17, 15) is 8.42 Å². The van der Waals surface area contributed by atoms with Crippen molar-refractivity contribution in [2.24, 2.45) is 4.99 Å². The normalized spacial score (nSPS) is 12.2. The van der Waals surface area contributed by atoms with E-state index in [0.717, 1.165) is 32.7 Å². The summed E-state index contributed by atoms with van der Waals surface area (Å²) in [6.45, 7) is 0.317. The third-order valence-corrected chi connectivity index (χ3v) is 7.77. The summed E-state index contributed by atoms with van der Waals surface area (Å²) >= 11 is 0. The Labute approximate surface area is 199 Å². The van der Waals surface area contributed by atoms with Gasteiger partial charge in [-0.15, -0.1) is 0 Å². The molecule has 0 atom stereocenters. The Balaban J connectivity index is 1.43. The first kappa shape index (κ1) is 22.0. The van der Waals surface area contributed by atoms with Crippen LogP contribution in [0.4, 0.5) is 5.69 Å². The molecule has 34 heavy (non-hydrogen) atoms. The van der Waals surface area contributed by atoms with Crippen LogP contribution in [0.2, 0.25) is 0 Å². The Morgan fingerprint density at radius 3 is 1.91 bits per heavy atom. The van der Waals surface area contributed by atoms with Gasteiger partial charge < -0.3 is 0 Å².